The van der Waals surface area contributed by atoms with Gasteiger partial charge in [-0.1, -0.05) is 42.5 Å². The normalized spacial score (nSPS) is 10.1. The zero-order chi connectivity index (χ0) is 17.4. The lowest BCUT2D eigenvalue weighted by molar-refractivity contribution is 0.0955. The van der Waals surface area contributed by atoms with E-state index in [1.54, 1.807) is 0 Å². The molecule has 24 heavy (non-hydrogen) atoms. The van der Waals surface area contributed by atoms with E-state index in [0.29, 0.717) is 17.2 Å². The minimum Gasteiger partial charge on any atom is -0.363 e. The molecule has 0 aliphatic rings. The topological polar surface area (TPSA) is 44.4 Å². The van der Waals surface area contributed by atoms with Crippen molar-refractivity contribution in [3.05, 3.63) is 65.7 Å². The SMILES string of the molecule is CCNC(=S)N(C)c1ccccc1C(=O)NCCc1ccccc1. The number of nitrogens with one attached hydrogen (secondary N) is 2. The summed E-state index contributed by atoms with van der Waals surface area (Å²) < 4.78 is 0. The molecule has 2 rings (SSSR count). The molecule has 0 bridgehead atoms. The van der Waals surface area contributed by atoms with Crippen LogP contribution in [0, 0.1) is 0 Å². The predicted octanol–water partition coefficient (Wildman–Crippen LogP) is 2.99. The summed E-state index contributed by atoms with van der Waals surface area (Å²) in [4.78, 5) is 14.4. The van der Waals surface area contributed by atoms with Crippen molar-refractivity contribution in [3.8, 4) is 0 Å². The van der Waals surface area contributed by atoms with Gasteiger partial charge < -0.3 is 15.5 Å². The second kappa shape index (κ2) is 9.03. The molecule has 0 aromatic heterocycles. The first-order chi connectivity index (χ1) is 11.6. The molecular weight excluding hydrogens is 318 g/mol. The Kier molecular flexibility index (Phi) is 6.75. The average molecular weight is 341 g/mol. The van der Waals surface area contributed by atoms with Gasteiger partial charge in [-0.3, -0.25) is 4.79 Å². The summed E-state index contributed by atoms with van der Waals surface area (Å²) in [6, 6.07) is 17.6. The van der Waals surface area contributed by atoms with E-state index < -0.39 is 0 Å². The Morgan fingerprint density at radius 2 is 1.71 bits per heavy atom. The smallest absolute Gasteiger partial charge is 0.253 e. The molecule has 0 fully saturated rings. The van der Waals surface area contributed by atoms with Gasteiger partial charge in [0.25, 0.3) is 5.91 Å². The molecule has 0 atom stereocenters. The van der Waals surface area contributed by atoms with E-state index in [9.17, 15) is 4.79 Å². The minimum atomic E-state index is -0.0901. The standard InChI is InChI=1S/C19H23N3OS/c1-3-20-19(24)22(2)17-12-8-7-11-16(17)18(23)21-14-13-15-9-5-4-6-10-15/h4-12H,3,13-14H2,1-2H3,(H,20,24)(H,21,23). The number of benzene rings is 2. The van der Waals surface area contributed by atoms with E-state index in [1.165, 1.54) is 5.56 Å². The number of para-hydroxylation sites is 1. The number of carbonyl (C=O) groups excluding carboxylic acids is 1. The van der Waals surface area contributed by atoms with Crippen LogP contribution >= 0.6 is 12.2 Å². The molecule has 0 heterocycles. The van der Waals surface area contributed by atoms with Gasteiger partial charge in [0.05, 0.1) is 11.3 Å². The molecular formula is C19H23N3OS. The monoisotopic (exact) mass is 341 g/mol. The number of amides is 1. The Morgan fingerprint density at radius 1 is 1.04 bits per heavy atom. The summed E-state index contributed by atoms with van der Waals surface area (Å²) in [6.45, 7) is 3.33. The quantitative estimate of drug-likeness (QED) is 0.793. The van der Waals surface area contributed by atoms with Gasteiger partial charge in [0.15, 0.2) is 5.11 Å². The van der Waals surface area contributed by atoms with Gasteiger partial charge in [0, 0.05) is 20.1 Å². The first-order valence-corrected chi connectivity index (χ1v) is 8.47. The lowest BCUT2D eigenvalue weighted by atomic mass is 10.1. The van der Waals surface area contributed by atoms with Gasteiger partial charge in [-0.15, -0.1) is 0 Å². The van der Waals surface area contributed by atoms with Gasteiger partial charge in [-0.2, -0.15) is 0 Å². The van der Waals surface area contributed by atoms with Gasteiger partial charge in [-0.25, -0.2) is 0 Å². The van der Waals surface area contributed by atoms with Crippen molar-refractivity contribution in [2.24, 2.45) is 0 Å². The number of hydrogen-bond acceptors (Lipinski definition) is 2. The van der Waals surface area contributed by atoms with E-state index in [0.717, 1.165) is 18.7 Å². The van der Waals surface area contributed by atoms with Crippen LogP contribution in [0.2, 0.25) is 0 Å². The molecule has 4 nitrogen and oxygen atoms in total. The molecule has 2 N–H and O–H groups in total. The van der Waals surface area contributed by atoms with Crippen LogP contribution in [0.3, 0.4) is 0 Å². The first kappa shape index (κ1) is 17.9. The molecule has 1 amide bonds. The maximum Gasteiger partial charge on any atom is 0.253 e. The van der Waals surface area contributed by atoms with Crippen LogP contribution in [0.1, 0.15) is 22.8 Å². The first-order valence-electron chi connectivity index (χ1n) is 8.06. The molecule has 2 aromatic rings. The van der Waals surface area contributed by atoms with Crippen molar-refractivity contribution in [1.29, 1.82) is 0 Å². The lowest BCUT2D eigenvalue weighted by Crippen LogP contribution is -2.38. The summed E-state index contributed by atoms with van der Waals surface area (Å²) in [6.07, 6.45) is 0.806. The zero-order valence-corrected chi connectivity index (χ0v) is 14.9. The molecule has 0 aliphatic heterocycles. The molecule has 126 valence electrons. The third-order valence-corrected chi connectivity index (χ3v) is 4.10. The summed E-state index contributed by atoms with van der Waals surface area (Å²) in [7, 11) is 1.86. The van der Waals surface area contributed by atoms with Crippen LogP contribution in [0.25, 0.3) is 0 Å². The van der Waals surface area contributed by atoms with E-state index in [2.05, 4.69) is 22.8 Å². The number of carbonyl (C=O) groups is 1. The Bertz CT molecular complexity index is 688. The summed E-state index contributed by atoms with van der Waals surface area (Å²) in [5.74, 6) is -0.0901. The highest BCUT2D eigenvalue weighted by atomic mass is 32.1. The molecule has 0 aliphatic carbocycles. The Morgan fingerprint density at radius 3 is 2.42 bits per heavy atom. The van der Waals surface area contributed by atoms with Gasteiger partial charge >= 0.3 is 0 Å². The van der Waals surface area contributed by atoms with E-state index in [4.69, 9.17) is 12.2 Å². The second-order valence-electron chi connectivity index (χ2n) is 5.40. The van der Waals surface area contributed by atoms with Gasteiger partial charge in [0.1, 0.15) is 0 Å². The largest absolute Gasteiger partial charge is 0.363 e. The highest BCUT2D eigenvalue weighted by Gasteiger charge is 2.15. The van der Waals surface area contributed by atoms with Crippen molar-refractivity contribution in [1.82, 2.24) is 10.6 Å². The fraction of sp³-hybridized carbons (Fsp3) is 0.263. The average Bonchev–Trinajstić information content (AvgIpc) is 2.62. The van der Waals surface area contributed by atoms with Crippen molar-refractivity contribution < 1.29 is 4.79 Å². The highest BCUT2D eigenvalue weighted by molar-refractivity contribution is 7.80. The minimum absolute atomic E-state index is 0.0901. The predicted molar refractivity (Wildman–Crippen MR) is 104 cm³/mol. The summed E-state index contributed by atoms with van der Waals surface area (Å²) in [5.41, 5.74) is 2.62. The van der Waals surface area contributed by atoms with Crippen LogP contribution in [-0.4, -0.2) is 31.2 Å². The fourth-order valence-electron chi connectivity index (χ4n) is 2.40. The van der Waals surface area contributed by atoms with Crippen molar-refractivity contribution in [3.63, 3.8) is 0 Å². The van der Waals surface area contributed by atoms with Crippen molar-refractivity contribution in [2.45, 2.75) is 13.3 Å². The van der Waals surface area contributed by atoms with E-state index in [-0.39, 0.29) is 5.91 Å². The number of rotatable bonds is 6. The molecule has 0 spiro atoms. The third kappa shape index (κ3) is 4.80. The molecule has 0 saturated heterocycles. The third-order valence-electron chi connectivity index (χ3n) is 3.68. The Labute approximate surface area is 148 Å². The summed E-state index contributed by atoms with van der Waals surface area (Å²) >= 11 is 5.34. The lowest BCUT2D eigenvalue weighted by Gasteiger charge is -2.23. The number of anilines is 1. The molecule has 0 saturated carbocycles. The summed E-state index contributed by atoms with van der Waals surface area (Å²) in [5, 5.41) is 6.68. The van der Waals surface area contributed by atoms with Crippen molar-refractivity contribution in [2.75, 3.05) is 25.0 Å². The highest BCUT2D eigenvalue weighted by Crippen LogP contribution is 2.19. The Hall–Kier alpha value is -2.40. The fourth-order valence-corrected chi connectivity index (χ4v) is 2.64. The molecule has 2 aromatic carbocycles. The van der Waals surface area contributed by atoms with E-state index >= 15 is 0 Å². The van der Waals surface area contributed by atoms with Crippen LogP contribution in [0.15, 0.2) is 54.6 Å². The molecule has 0 unspecified atom stereocenters. The Balaban J connectivity index is 2.02. The van der Waals surface area contributed by atoms with Crippen LogP contribution in [-0.2, 0) is 6.42 Å². The van der Waals surface area contributed by atoms with Gasteiger partial charge in [-0.05, 0) is 43.3 Å². The van der Waals surface area contributed by atoms with E-state index in [1.807, 2.05) is 61.3 Å². The molecule has 0 radical (unpaired) electrons. The molecule has 5 heteroatoms. The second-order valence-corrected chi connectivity index (χ2v) is 5.79. The zero-order valence-electron chi connectivity index (χ0n) is 14.1. The van der Waals surface area contributed by atoms with Crippen LogP contribution in [0.4, 0.5) is 5.69 Å². The number of thiocarbonyl (C=S) groups is 1. The van der Waals surface area contributed by atoms with Crippen molar-refractivity contribution >= 4 is 28.9 Å². The maximum absolute atomic E-state index is 12.5. The van der Waals surface area contributed by atoms with Crippen LogP contribution < -0.4 is 15.5 Å². The maximum atomic E-state index is 12.5. The number of nitrogens with zero attached hydrogens (tertiary/aromatic N) is 1. The number of hydrogen-bond donors (Lipinski definition) is 2. The van der Waals surface area contributed by atoms with Gasteiger partial charge in [0.2, 0.25) is 0 Å². The van der Waals surface area contributed by atoms with Crippen LogP contribution in [0.5, 0.6) is 0 Å².